The van der Waals surface area contributed by atoms with Gasteiger partial charge in [0.05, 0.1) is 11.5 Å². The van der Waals surface area contributed by atoms with Crippen LogP contribution in [0.25, 0.3) is 0 Å². The van der Waals surface area contributed by atoms with Crippen LogP contribution in [0.15, 0.2) is 24.3 Å². The summed E-state index contributed by atoms with van der Waals surface area (Å²) in [4.78, 5) is 23.4. The average molecular weight is 355 g/mol. The van der Waals surface area contributed by atoms with Gasteiger partial charge in [0.1, 0.15) is 6.61 Å². The van der Waals surface area contributed by atoms with Crippen LogP contribution in [0.5, 0.6) is 0 Å². The van der Waals surface area contributed by atoms with Gasteiger partial charge in [0, 0.05) is 25.0 Å². The maximum Gasteiger partial charge on any atom is 0.319 e. The second kappa shape index (κ2) is 8.11. The molecular weight excluding hydrogens is 334 g/mol. The molecule has 9 heteroatoms. The molecule has 3 amide bonds. The summed E-state index contributed by atoms with van der Waals surface area (Å²) in [5.41, 5.74) is 1.05. The Balaban J connectivity index is 1.82. The number of carbonyl (C=O) groups excluding carboxylic acids is 2. The SMILES string of the molecule is COCC(=O)Nc1cccc(NC(=O)NCC2CCS(=O)(=O)C2)c1. The van der Waals surface area contributed by atoms with E-state index >= 15 is 0 Å². The predicted octanol–water partition coefficient (Wildman–Crippen LogP) is 0.828. The molecule has 1 aliphatic heterocycles. The van der Waals surface area contributed by atoms with Gasteiger partial charge >= 0.3 is 6.03 Å². The number of hydrogen-bond donors (Lipinski definition) is 3. The molecule has 0 radical (unpaired) electrons. The van der Waals surface area contributed by atoms with Crippen LogP contribution in [-0.2, 0) is 19.4 Å². The first-order chi connectivity index (χ1) is 11.4. The summed E-state index contributed by atoms with van der Waals surface area (Å²) >= 11 is 0. The highest BCUT2D eigenvalue weighted by Crippen LogP contribution is 2.18. The normalized spacial score (nSPS) is 18.8. The molecule has 1 fully saturated rings. The molecule has 0 bridgehead atoms. The number of methoxy groups -OCH3 is 1. The fourth-order valence-electron chi connectivity index (χ4n) is 2.45. The first-order valence-corrected chi connectivity index (χ1v) is 9.34. The summed E-state index contributed by atoms with van der Waals surface area (Å²) < 4.78 is 27.5. The van der Waals surface area contributed by atoms with E-state index in [1.165, 1.54) is 7.11 Å². The van der Waals surface area contributed by atoms with Crippen molar-refractivity contribution < 1.29 is 22.7 Å². The molecule has 1 heterocycles. The molecule has 132 valence electrons. The van der Waals surface area contributed by atoms with Gasteiger partial charge in [0.15, 0.2) is 9.84 Å². The summed E-state index contributed by atoms with van der Waals surface area (Å²) in [6.07, 6.45) is 0.573. The maximum absolute atomic E-state index is 11.9. The van der Waals surface area contributed by atoms with E-state index in [1.54, 1.807) is 24.3 Å². The Morgan fingerprint density at radius 3 is 2.58 bits per heavy atom. The first kappa shape index (κ1) is 18.2. The number of benzene rings is 1. The van der Waals surface area contributed by atoms with Gasteiger partial charge in [0.2, 0.25) is 5.91 Å². The fraction of sp³-hybridized carbons (Fsp3) is 0.467. The van der Waals surface area contributed by atoms with Gasteiger partial charge in [0.25, 0.3) is 0 Å². The van der Waals surface area contributed by atoms with Crippen molar-refractivity contribution in [3.05, 3.63) is 24.3 Å². The molecule has 8 nitrogen and oxygen atoms in total. The predicted molar refractivity (Wildman–Crippen MR) is 90.7 cm³/mol. The van der Waals surface area contributed by atoms with Crippen LogP contribution in [0.3, 0.4) is 0 Å². The minimum absolute atomic E-state index is 0.0413. The van der Waals surface area contributed by atoms with Crippen LogP contribution >= 0.6 is 0 Å². The highest BCUT2D eigenvalue weighted by Gasteiger charge is 2.27. The van der Waals surface area contributed by atoms with Gasteiger partial charge in [-0.25, -0.2) is 13.2 Å². The molecule has 0 saturated carbocycles. The van der Waals surface area contributed by atoms with Gasteiger partial charge in [-0.05, 0) is 30.5 Å². The molecule has 1 atom stereocenters. The molecule has 2 rings (SSSR count). The zero-order valence-corrected chi connectivity index (χ0v) is 14.2. The molecular formula is C15H21N3O5S. The monoisotopic (exact) mass is 355 g/mol. The Morgan fingerprint density at radius 2 is 1.96 bits per heavy atom. The molecule has 1 aliphatic rings. The molecule has 0 aliphatic carbocycles. The van der Waals surface area contributed by atoms with Crippen molar-refractivity contribution >= 4 is 33.2 Å². The lowest BCUT2D eigenvalue weighted by Gasteiger charge is -2.12. The van der Waals surface area contributed by atoms with Crippen molar-refractivity contribution in [2.45, 2.75) is 6.42 Å². The van der Waals surface area contributed by atoms with Crippen molar-refractivity contribution in [3.8, 4) is 0 Å². The van der Waals surface area contributed by atoms with E-state index in [-0.39, 0.29) is 29.9 Å². The van der Waals surface area contributed by atoms with E-state index in [1.807, 2.05) is 0 Å². The molecule has 1 saturated heterocycles. The standard InChI is InChI=1S/C15H21N3O5S/c1-23-9-14(19)17-12-3-2-4-13(7-12)18-15(20)16-8-11-5-6-24(21,22)10-11/h2-4,7,11H,5-6,8-10H2,1H3,(H,17,19)(H2,16,18,20). The Bertz CT molecular complexity index is 705. The molecule has 1 aromatic rings. The smallest absolute Gasteiger partial charge is 0.319 e. The first-order valence-electron chi connectivity index (χ1n) is 7.52. The second-order valence-corrected chi connectivity index (χ2v) is 7.89. The van der Waals surface area contributed by atoms with Crippen LogP contribution < -0.4 is 16.0 Å². The number of ether oxygens (including phenoxy) is 1. The quantitative estimate of drug-likeness (QED) is 0.699. The largest absolute Gasteiger partial charge is 0.375 e. The van der Waals surface area contributed by atoms with Gasteiger partial charge in [-0.3, -0.25) is 4.79 Å². The zero-order chi connectivity index (χ0) is 17.6. The van der Waals surface area contributed by atoms with Crippen molar-refractivity contribution in [2.75, 3.05) is 42.4 Å². The minimum Gasteiger partial charge on any atom is -0.375 e. The number of amides is 3. The lowest BCUT2D eigenvalue weighted by Crippen LogP contribution is -2.33. The molecule has 0 aromatic heterocycles. The average Bonchev–Trinajstić information content (AvgIpc) is 2.85. The Hall–Kier alpha value is -2.13. The van der Waals surface area contributed by atoms with Crippen LogP contribution in [0, 0.1) is 5.92 Å². The number of rotatable bonds is 6. The van der Waals surface area contributed by atoms with Gasteiger partial charge < -0.3 is 20.7 Å². The topological polar surface area (TPSA) is 114 Å². The minimum atomic E-state index is -2.95. The number of nitrogens with one attached hydrogen (secondary N) is 3. The van der Waals surface area contributed by atoms with E-state index in [2.05, 4.69) is 16.0 Å². The van der Waals surface area contributed by atoms with Crippen molar-refractivity contribution in [1.29, 1.82) is 0 Å². The third-order valence-electron chi connectivity index (χ3n) is 3.56. The Morgan fingerprint density at radius 1 is 1.25 bits per heavy atom. The summed E-state index contributed by atoms with van der Waals surface area (Å²) in [5, 5.41) is 7.96. The third-order valence-corrected chi connectivity index (χ3v) is 5.39. The number of sulfone groups is 1. The van der Waals surface area contributed by atoms with E-state index in [9.17, 15) is 18.0 Å². The summed E-state index contributed by atoms with van der Waals surface area (Å²) in [7, 11) is -1.52. The lowest BCUT2D eigenvalue weighted by atomic mass is 10.1. The van der Waals surface area contributed by atoms with Crippen molar-refractivity contribution in [3.63, 3.8) is 0 Å². The van der Waals surface area contributed by atoms with E-state index in [0.29, 0.717) is 24.3 Å². The molecule has 1 aromatic carbocycles. The molecule has 24 heavy (non-hydrogen) atoms. The lowest BCUT2D eigenvalue weighted by molar-refractivity contribution is -0.119. The van der Waals surface area contributed by atoms with Crippen LogP contribution in [0.2, 0.25) is 0 Å². The Labute approximate surface area is 140 Å². The van der Waals surface area contributed by atoms with E-state index in [4.69, 9.17) is 4.74 Å². The van der Waals surface area contributed by atoms with E-state index < -0.39 is 15.9 Å². The summed E-state index contributed by atoms with van der Waals surface area (Å²) in [6, 6.07) is 6.28. The van der Waals surface area contributed by atoms with Gasteiger partial charge in [-0.15, -0.1) is 0 Å². The summed E-state index contributed by atoms with van der Waals surface area (Å²) in [5.74, 6) is -0.0275. The maximum atomic E-state index is 11.9. The number of carbonyl (C=O) groups is 2. The van der Waals surface area contributed by atoms with Crippen LogP contribution in [-0.4, -0.2) is 52.1 Å². The number of urea groups is 1. The van der Waals surface area contributed by atoms with E-state index in [0.717, 1.165) is 0 Å². The van der Waals surface area contributed by atoms with Crippen LogP contribution in [0.4, 0.5) is 16.2 Å². The zero-order valence-electron chi connectivity index (χ0n) is 13.4. The second-order valence-electron chi connectivity index (χ2n) is 5.67. The van der Waals surface area contributed by atoms with Crippen molar-refractivity contribution in [2.24, 2.45) is 5.92 Å². The Kier molecular flexibility index (Phi) is 6.16. The van der Waals surface area contributed by atoms with Crippen molar-refractivity contribution in [1.82, 2.24) is 5.32 Å². The molecule has 3 N–H and O–H groups in total. The van der Waals surface area contributed by atoms with Crippen LogP contribution in [0.1, 0.15) is 6.42 Å². The molecule has 1 unspecified atom stereocenters. The highest BCUT2D eigenvalue weighted by atomic mass is 32.2. The molecule has 0 spiro atoms. The highest BCUT2D eigenvalue weighted by molar-refractivity contribution is 7.91. The number of hydrogen-bond acceptors (Lipinski definition) is 5. The fourth-order valence-corrected chi connectivity index (χ4v) is 4.31. The van der Waals surface area contributed by atoms with Gasteiger partial charge in [-0.2, -0.15) is 0 Å². The summed E-state index contributed by atoms with van der Waals surface area (Å²) in [6.45, 7) is 0.262. The third kappa shape index (κ3) is 5.82. The number of anilines is 2. The van der Waals surface area contributed by atoms with Gasteiger partial charge in [-0.1, -0.05) is 6.07 Å².